The van der Waals surface area contributed by atoms with Gasteiger partial charge in [-0.2, -0.15) is 0 Å². The van der Waals surface area contributed by atoms with E-state index in [-0.39, 0.29) is 5.78 Å². The highest BCUT2D eigenvalue weighted by molar-refractivity contribution is 6.09. The molecule has 1 aromatic heterocycles. The maximum Gasteiger partial charge on any atom is 0.237 e. The molecule has 3 rings (SSSR count). The number of hydrogen-bond acceptors (Lipinski definition) is 2. The van der Waals surface area contributed by atoms with Crippen molar-refractivity contribution >= 4 is 16.8 Å². The van der Waals surface area contributed by atoms with E-state index >= 15 is 0 Å². The fraction of sp³-hybridized carbons (Fsp3) is 0. The highest BCUT2D eigenvalue weighted by Gasteiger charge is 2.01. The van der Waals surface area contributed by atoms with Gasteiger partial charge in [0.25, 0.3) is 0 Å². The van der Waals surface area contributed by atoms with E-state index in [2.05, 4.69) is 16.9 Å². The summed E-state index contributed by atoms with van der Waals surface area (Å²) >= 11 is 0. The van der Waals surface area contributed by atoms with Gasteiger partial charge in [-0.05, 0) is 12.1 Å². The lowest BCUT2D eigenvalue weighted by atomic mass is 10.1. The number of aromatic nitrogens is 2. The first-order chi connectivity index (χ1) is 9.34. The number of para-hydroxylation sites is 2. The van der Waals surface area contributed by atoms with Crippen LogP contribution in [0.3, 0.4) is 0 Å². The lowest BCUT2D eigenvalue weighted by molar-refractivity contribution is 0.105. The van der Waals surface area contributed by atoms with Crippen molar-refractivity contribution in [3.63, 3.8) is 0 Å². The van der Waals surface area contributed by atoms with Crippen LogP contribution in [0.1, 0.15) is 10.4 Å². The van der Waals surface area contributed by atoms with Crippen LogP contribution in [0.5, 0.6) is 0 Å². The molecule has 2 aromatic carbocycles. The maximum absolute atomic E-state index is 11.9. The van der Waals surface area contributed by atoms with Crippen molar-refractivity contribution in [1.29, 1.82) is 0 Å². The van der Waals surface area contributed by atoms with Crippen molar-refractivity contribution in [2.45, 2.75) is 0 Å². The molecule has 0 spiro atoms. The molecule has 0 amide bonds. The van der Waals surface area contributed by atoms with Crippen molar-refractivity contribution in [3.05, 3.63) is 66.5 Å². The Kier molecular flexibility index (Phi) is 2.83. The maximum atomic E-state index is 11.9. The second-order valence-electron chi connectivity index (χ2n) is 4.04. The largest absolute Gasteiger partial charge is 0.279 e. The topological polar surface area (TPSA) is 34.9 Å². The first-order valence-electron chi connectivity index (χ1n) is 5.88. The average Bonchev–Trinajstić information content (AvgIpc) is 2.89. The van der Waals surface area contributed by atoms with Crippen LogP contribution >= 0.6 is 0 Å². The van der Waals surface area contributed by atoms with Crippen LogP contribution in [0.15, 0.2) is 60.9 Å². The average molecular weight is 246 g/mol. The number of nitrogens with zero attached hydrogens (tertiary/aromatic N) is 2. The minimum Gasteiger partial charge on any atom is -0.279 e. The van der Waals surface area contributed by atoms with Crippen LogP contribution in [0, 0.1) is 12.0 Å². The summed E-state index contributed by atoms with van der Waals surface area (Å²) in [6, 6.07) is 19.5. The third kappa shape index (κ3) is 2.24. The van der Waals surface area contributed by atoms with E-state index in [1.807, 2.05) is 42.5 Å². The molecule has 0 aliphatic heterocycles. The second-order valence-corrected chi connectivity index (χ2v) is 4.04. The van der Waals surface area contributed by atoms with Gasteiger partial charge < -0.3 is 0 Å². The number of hydrogen-bond donors (Lipinski definition) is 0. The molecule has 3 heteroatoms. The van der Waals surface area contributed by atoms with Crippen molar-refractivity contribution in [2.75, 3.05) is 0 Å². The van der Waals surface area contributed by atoms with Crippen LogP contribution in [0.2, 0.25) is 0 Å². The first kappa shape index (κ1) is 11.2. The summed E-state index contributed by atoms with van der Waals surface area (Å²) in [7, 11) is 0. The molecule has 90 valence electrons. The Morgan fingerprint density at radius 1 is 1.00 bits per heavy atom. The predicted octanol–water partition coefficient (Wildman–Crippen LogP) is 2.73. The molecule has 0 saturated heterocycles. The molecular weight excluding hydrogens is 236 g/mol. The van der Waals surface area contributed by atoms with Crippen molar-refractivity contribution in [2.24, 2.45) is 0 Å². The Morgan fingerprint density at radius 3 is 2.58 bits per heavy atom. The van der Waals surface area contributed by atoms with Crippen molar-refractivity contribution in [1.82, 2.24) is 9.55 Å². The third-order valence-corrected chi connectivity index (χ3v) is 2.78. The van der Waals surface area contributed by atoms with Crippen LogP contribution in [-0.2, 0) is 0 Å². The Bertz CT molecular complexity index is 791. The summed E-state index contributed by atoms with van der Waals surface area (Å²) in [5.74, 6) is 2.43. The quantitative estimate of drug-likeness (QED) is 0.489. The molecule has 0 fully saturated rings. The van der Waals surface area contributed by atoms with Gasteiger partial charge in [-0.3, -0.25) is 9.36 Å². The molecule has 0 aliphatic carbocycles. The van der Waals surface area contributed by atoms with Crippen LogP contribution in [0.25, 0.3) is 11.0 Å². The number of Topliss-reactive ketones (excluding diaryl/α,β-unsaturated/α-hetero) is 1. The SMILES string of the molecule is O=C(C#Cn1cnc2ccccc21)c1ccccc1. The standard InChI is InChI=1S/C16H10N2O/c19-16(13-6-2-1-3-7-13)10-11-18-12-17-14-8-4-5-9-15(14)18/h1-9,12H. The minimum absolute atomic E-state index is 0.196. The normalized spacial score (nSPS) is 9.89. The summed E-state index contributed by atoms with van der Waals surface area (Å²) in [5.41, 5.74) is 2.36. The number of carbonyl (C=O) groups excluding carboxylic acids is 1. The number of ketones is 1. The molecule has 3 nitrogen and oxygen atoms in total. The molecule has 0 radical (unpaired) electrons. The highest BCUT2D eigenvalue weighted by Crippen LogP contribution is 2.10. The fourth-order valence-corrected chi connectivity index (χ4v) is 1.82. The Morgan fingerprint density at radius 2 is 1.74 bits per heavy atom. The van der Waals surface area contributed by atoms with E-state index in [0.29, 0.717) is 5.56 Å². The van der Waals surface area contributed by atoms with Gasteiger partial charge in [-0.15, -0.1) is 0 Å². The van der Waals surface area contributed by atoms with Gasteiger partial charge >= 0.3 is 0 Å². The summed E-state index contributed by atoms with van der Waals surface area (Å²) in [6.07, 6.45) is 1.62. The first-order valence-corrected chi connectivity index (χ1v) is 5.88. The van der Waals surface area contributed by atoms with Gasteiger partial charge in [-0.25, -0.2) is 4.98 Å². The summed E-state index contributed by atoms with van der Waals surface area (Å²) in [6.45, 7) is 0. The summed E-state index contributed by atoms with van der Waals surface area (Å²) < 4.78 is 1.66. The zero-order chi connectivity index (χ0) is 13.1. The van der Waals surface area contributed by atoms with Gasteiger partial charge in [-0.1, -0.05) is 42.5 Å². The van der Waals surface area contributed by atoms with Gasteiger partial charge in [0.2, 0.25) is 5.78 Å². The lowest BCUT2D eigenvalue weighted by Gasteiger charge is -1.92. The van der Waals surface area contributed by atoms with Gasteiger partial charge in [0, 0.05) is 17.5 Å². The number of benzene rings is 2. The second kappa shape index (κ2) is 4.79. The molecule has 0 aliphatic rings. The van der Waals surface area contributed by atoms with Crippen molar-refractivity contribution in [3.8, 4) is 12.0 Å². The van der Waals surface area contributed by atoms with E-state index in [1.54, 1.807) is 23.0 Å². The lowest BCUT2D eigenvalue weighted by Crippen LogP contribution is -1.95. The van der Waals surface area contributed by atoms with Gasteiger partial charge in [0.05, 0.1) is 11.0 Å². The number of carbonyl (C=O) groups is 1. The van der Waals surface area contributed by atoms with E-state index in [9.17, 15) is 4.79 Å². The molecule has 0 atom stereocenters. The predicted molar refractivity (Wildman–Crippen MR) is 73.7 cm³/mol. The third-order valence-electron chi connectivity index (χ3n) is 2.78. The molecule has 0 bridgehead atoms. The van der Waals surface area contributed by atoms with Gasteiger partial charge in [0.1, 0.15) is 6.33 Å². The summed E-state index contributed by atoms with van der Waals surface area (Å²) in [4.78, 5) is 16.1. The zero-order valence-corrected chi connectivity index (χ0v) is 10.1. The number of rotatable bonds is 1. The molecule has 0 N–H and O–H groups in total. The molecule has 0 saturated carbocycles. The van der Waals surface area contributed by atoms with E-state index < -0.39 is 0 Å². The fourth-order valence-electron chi connectivity index (χ4n) is 1.82. The molecule has 3 aromatic rings. The molecule has 0 unspecified atom stereocenters. The Hall–Kier alpha value is -2.86. The number of fused-ring (bicyclic) bond motifs is 1. The van der Waals surface area contributed by atoms with Crippen LogP contribution < -0.4 is 0 Å². The monoisotopic (exact) mass is 246 g/mol. The van der Waals surface area contributed by atoms with Crippen LogP contribution in [-0.4, -0.2) is 15.3 Å². The Balaban J connectivity index is 1.94. The summed E-state index contributed by atoms with van der Waals surface area (Å²) in [5, 5.41) is 0. The van der Waals surface area contributed by atoms with Gasteiger partial charge in [0.15, 0.2) is 0 Å². The molecular formula is C16H10N2O. The van der Waals surface area contributed by atoms with E-state index in [1.165, 1.54) is 0 Å². The molecule has 19 heavy (non-hydrogen) atoms. The minimum atomic E-state index is -0.196. The smallest absolute Gasteiger partial charge is 0.237 e. The Labute approximate surface area is 110 Å². The van der Waals surface area contributed by atoms with E-state index in [4.69, 9.17) is 0 Å². The van der Waals surface area contributed by atoms with Crippen LogP contribution in [0.4, 0.5) is 0 Å². The van der Waals surface area contributed by atoms with E-state index in [0.717, 1.165) is 11.0 Å². The molecule has 1 heterocycles. The zero-order valence-electron chi connectivity index (χ0n) is 10.1. The number of imidazole rings is 1. The van der Waals surface area contributed by atoms with Crippen molar-refractivity contribution < 1.29 is 4.79 Å². The highest BCUT2D eigenvalue weighted by atomic mass is 16.1.